The molecule has 2 N–H and O–H groups in total. The fraction of sp³-hybridized carbons (Fsp3) is 0.333. The summed E-state index contributed by atoms with van der Waals surface area (Å²) in [5, 5.41) is 14.5. The van der Waals surface area contributed by atoms with Crippen molar-refractivity contribution in [3.63, 3.8) is 0 Å². The average Bonchev–Trinajstić information content (AvgIpc) is 3.34. The van der Waals surface area contributed by atoms with Gasteiger partial charge in [-0.25, -0.2) is 18.0 Å². The van der Waals surface area contributed by atoms with E-state index in [9.17, 15) is 28.1 Å². The molecule has 3 rings (SSSR count). The number of ether oxygens (including phenoxy) is 3. The summed E-state index contributed by atoms with van der Waals surface area (Å²) in [4.78, 5) is 34.4. The molecular weight excluding hydrogens is 470 g/mol. The second kappa shape index (κ2) is 10.5. The van der Waals surface area contributed by atoms with Crippen LogP contribution in [0.3, 0.4) is 0 Å². The molecule has 0 aromatic heterocycles. The van der Waals surface area contributed by atoms with Gasteiger partial charge in [-0.05, 0) is 43.2 Å². The molecule has 182 valence electrons. The van der Waals surface area contributed by atoms with E-state index in [2.05, 4.69) is 19.5 Å². The first kappa shape index (κ1) is 24.9. The number of sulfonamides is 1. The highest BCUT2D eigenvalue weighted by Gasteiger charge is 2.24. The van der Waals surface area contributed by atoms with Gasteiger partial charge in [0.2, 0.25) is 0 Å². The van der Waals surface area contributed by atoms with E-state index in [0.717, 1.165) is 33.1 Å². The minimum Gasteiger partial charge on any atom is -0.465 e. The van der Waals surface area contributed by atoms with Gasteiger partial charge in [0, 0.05) is 19.2 Å². The van der Waals surface area contributed by atoms with E-state index in [-0.39, 0.29) is 33.5 Å². The molecule has 12 nitrogen and oxygen atoms in total. The van der Waals surface area contributed by atoms with Crippen LogP contribution >= 0.6 is 0 Å². The Morgan fingerprint density at radius 3 is 2.29 bits per heavy atom. The Hall–Kier alpha value is -3.71. The molecule has 0 bridgehead atoms. The lowest BCUT2D eigenvalue weighted by Gasteiger charge is -2.14. The Kier molecular flexibility index (Phi) is 7.68. The predicted molar refractivity (Wildman–Crippen MR) is 120 cm³/mol. The fourth-order valence-corrected chi connectivity index (χ4v) is 4.44. The summed E-state index contributed by atoms with van der Waals surface area (Å²) in [5.41, 5.74) is -0.600. The molecule has 34 heavy (non-hydrogen) atoms. The van der Waals surface area contributed by atoms with Crippen LogP contribution in [0.25, 0.3) is 0 Å². The topological polar surface area (TPSA) is 163 Å². The molecule has 1 fully saturated rings. The minimum absolute atomic E-state index is 0.0734. The molecule has 0 amide bonds. The highest BCUT2D eigenvalue weighted by Crippen LogP contribution is 2.29. The molecular formula is C21H23N3O9S. The van der Waals surface area contributed by atoms with Crippen molar-refractivity contribution >= 4 is 39.0 Å². The Bertz CT molecular complexity index is 1170. The van der Waals surface area contributed by atoms with Crippen molar-refractivity contribution in [3.05, 3.63) is 57.6 Å². The van der Waals surface area contributed by atoms with E-state index in [1.807, 2.05) is 0 Å². The molecule has 1 saturated heterocycles. The van der Waals surface area contributed by atoms with Crippen LogP contribution in [0.4, 0.5) is 17.1 Å². The number of nitro benzene ring substituents is 1. The van der Waals surface area contributed by atoms with Crippen molar-refractivity contribution in [2.75, 3.05) is 37.4 Å². The van der Waals surface area contributed by atoms with E-state index in [1.54, 1.807) is 0 Å². The lowest BCUT2D eigenvalue weighted by molar-refractivity contribution is -0.384. The summed E-state index contributed by atoms with van der Waals surface area (Å²) in [6.45, 7) is 0.980. The summed E-state index contributed by atoms with van der Waals surface area (Å²) in [5.74, 6) is -1.60. The number of rotatable bonds is 9. The molecule has 0 radical (unpaired) electrons. The smallest absolute Gasteiger partial charge is 0.337 e. The zero-order chi connectivity index (χ0) is 24.9. The fourth-order valence-electron chi connectivity index (χ4n) is 3.38. The molecule has 0 unspecified atom stereocenters. The second-order valence-corrected chi connectivity index (χ2v) is 9.02. The van der Waals surface area contributed by atoms with E-state index in [1.165, 1.54) is 30.3 Å². The maximum Gasteiger partial charge on any atom is 0.337 e. The summed E-state index contributed by atoms with van der Waals surface area (Å²) in [6.07, 6.45) is 1.66. The number of methoxy groups -OCH3 is 2. The zero-order valence-corrected chi connectivity index (χ0v) is 19.2. The number of hydrogen-bond donors (Lipinski definition) is 2. The number of hydrogen-bond acceptors (Lipinski definition) is 10. The van der Waals surface area contributed by atoms with Crippen LogP contribution in [0.5, 0.6) is 0 Å². The van der Waals surface area contributed by atoms with Crippen LogP contribution in [0, 0.1) is 10.1 Å². The summed E-state index contributed by atoms with van der Waals surface area (Å²) in [6, 6.07) is 6.95. The number of nitrogens with one attached hydrogen (secondary N) is 2. The number of benzene rings is 2. The third-order valence-electron chi connectivity index (χ3n) is 5.05. The van der Waals surface area contributed by atoms with Crippen LogP contribution in [0.1, 0.15) is 33.6 Å². The van der Waals surface area contributed by atoms with Gasteiger partial charge in [0.25, 0.3) is 15.7 Å². The largest absolute Gasteiger partial charge is 0.465 e. The third-order valence-corrected chi connectivity index (χ3v) is 6.43. The van der Waals surface area contributed by atoms with E-state index in [0.29, 0.717) is 13.2 Å². The van der Waals surface area contributed by atoms with Gasteiger partial charge in [-0.1, -0.05) is 0 Å². The molecule has 13 heteroatoms. The minimum atomic E-state index is -4.33. The van der Waals surface area contributed by atoms with Crippen molar-refractivity contribution in [1.82, 2.24) is 0 Å². The number of carbonyl (C=O) groups is 2. The Morgan fingerprint density at radius 1 is 1.12 bits per heavy atom. The maximum absolute atomic E-state index is 12.9. The maximum atomic E-state index is 12.9. The first-order chi connectivity index (χ1) is 16.1. The van der Waals surface area contributed by atoms with Crippen molar-refractivity contribution in [2.24, 2.45) is 0 Å². The van der Waals surface area contributed by atoms with Crippen molar-refractivity contribution in [1.29, 1.82) is 0 Å². The van der Waals surface area contributed by atoms with Gasteiger partial charge >= 0.3 is 11.9 Å². The van der Waals surface area contributed by atoms with Crippen LogP contribution in [-0.4, -0.2) is 58.8 Å². The number of nitrogens with zero attached hydrogens (tertiary/aromatic N) is 1. The second-order valence-electron chi connectivity index (χ2n) is 7.34. The standard InChI is InChI=1S/C21H23N3O9S/c1-31-20(25)13-8-14(21(26)32-2)10-15(9-13)23-34(29,30)17-5-6-18(19(11-17)24(27)28)22-12-16-4-3-7-33-16/h5-6,8-11,16,22-23H,3-4,7,12H2,1-2H3/t16-/m0/s1. The van der Waals surface area contributed by atoms with E-state index in [4.69, 9.17) is 4.74 Å². The van der Waals surface area contributed by atoms with Crippen LogP contribution in [0.15, 0.2) is 41.3 Å². The molecule has 2 aromatic carbocycles. The predicted octanol–water partition coefficient (Wildman–Crippen LogP) is 2.56. The van der Waals surface area contributed by atoms with Crippen LogP contribution in [0.2, 0.25) is 0 Å². The molecule has 1 heterocycles. The van der Waals surface area contributed by atoms with E-state index < -0.39 is 32.6 Å². The third kappa shape index (κ3) is 5.80. The molecule has 0 saturated carbocycles. The highest BCUT2D eigenvalue weighted by atomic mass is 32.2. The number of nitro groups is 1. The van der Waals surface area contributed by atoms with Crippen LogP contribution < -0.4 is 10.0 Å². The number of esters is 2. The summed E-state index contributed by atoms with van der Waals surface area (Å²) in [7, 11) is -2.07. The summed E-state index contributed by atoms with van der Waals surface area (Å²) < 4.78 is 42.9. The van der Waals surface area contributed by atoms with Gasteiger partial charge in [0.1, 0.15) is 5.69 Å². The molecule has 0 spiro atoms. The first-order valence-corrected chi connectivity index (χ1v) is 11.6. The SMILES string of the molecule is COC(=O)c1cc(NS(=O)(=O)c2ccc(NC[C@@H]3CCCO3)c([N+](=O)[O-])c2)cc(C(=O)OC)c1. The number of carbonyl (C=O) groups excluding carboxylic acids is 2. The van der Waals surface area contributed by atoms with Gasteiger partial charge in [-0.15, -0.1) is 0 Å². The van der Waals surface area contributed by atoms with Gasteiger partial charge < -0.3 is 19.5 Å². The molecule has 1 aliphatic heterocycles. The Labute approximate surface area is 195 Å². The summed E-state index contributed by atoms with van der Waals surface area (Å²) >= 11 is 0. The Balaban J connectivity index is 1.90. The van der Waals surface area contributed by atoms with Gasteiger partial charge in [0.05, 0.1) is 47.0 Å². The van der Waals surface area contributed by atoms with Crippen molar-refractivity contribution < 1.29 is 37.1 Å². The normalized spacial score (nSPS) is 15.4. The first-order valence-electron chi connectivity index (χ1n) is 10.1. The highest BCUT2D eigenvalue weighted by molar-refractivity contribution is 7.92. The average molecular weight is 493 g/mol. The van der Waals surface area contributed by atoms with Crippen molar-refractivity contribution in [2.45, 2.75) is 23.8 Å². The lowest BCUT2D eigenvalue weighted by Crippen LogP contribution is -2.19. The zero-order valence-electron chi connectivity index (χ0n) is 18.4. The molecule has 1 atom stereocenters. The Morgan fingerprint density at radius 2 is 1.76 bits per heavy atom. The number of anilines is 2. The van der Waals surface area contributed by atoms with Crippen LogP contribution in [-0.2, 0) is 24.2 Å². The molecule has 1 aliphatic rings. The van der Waals surface area contributed by atoms with Crippen molar-refractivity contribution in [3.8, 4) is 0 Å². The van der Waals surface area contributed by atoms with Gasteiger partial charge in [0.15, 0.2) is 0 Å². The van der Waals surface area contributed by atoms with E-state index >= 15 is 0 Å². The molecule has 2 aromatic rings. The molecule has 0 aliphatic carbocycles. The quantitative estimate of drug-likeness (QED) is 0.301. The monoisotopic (exact) mass is 493 g/mol. The lowest BCUT2D eigenvalue weighted by atomic mass is 10.1. The van der Waals surface area contributed by atoms with Gasteiger partial charge in [-0.3, -0.25) is 14.8 Å². The van der Waals surface area contributed by atoms with Gasteiger partial charge in [-0.2, -0.15) is 0 Å².